The first-order valence-corrected chi connectivity index (χ1v) is 2.68. The van der Waals surface area contributed by atoms with Crippen LogP contribution in [-0.4, -0.2) is 17.9 Å². The summed E-state index contributed by atoms with van der Waals surface area (Å²) in [4.78, 5) is 0. The zero-order valence-electron chi connectivity index (χ0n) is 5.86. The predicted octanol–water partition coefficient (Wildman–Crippen LogP) is -2.51. The van der Waals surface area contributed by atoms with Crippen LogP contribution in [0.25, 0.3) is 5.84 Å². The van der Waals surface area contributed by atoms with E-state index in [0.29, 0.717) is 0 Å². The van der Waals surface area contributed by atoms with Crippen LogP contribution in [0.4, 0.5) is 0 Å². The van der Waals surface area contributed by atoms with E-state index in [1.165, 1.54) is 20.9 Å². The Kier molecular flexibility index (Phi) is 2.53. The normalized spacial score (nSPS) is 19.3. The van der Waals surface area contributed by atoms with Crippen molar-refractivity contribution in [2.24, 2.45) is 0 Å². The molecule has 0 radical (unpaired) electrons. The van der Waals surface area contributed by atoms with Crippen LogP contribution < -0.4 is 10.3 Å². The molecule has 5 heteroatoms. The molecule has 0 heterocycles. The van der Waals surface area contributed by atoms with Gasteiger partial charge in [-0.1, -0.05) is 0 Å². The molecule has 0 rings (SSSR count). The van der Waals surface area contributed by atoms with Crippen LogP contribution in [0.3, 0.4) is 0 Å². The van der Waals surface area contributed by atoms with Crippen molar-refractivity contribution in [3.8, 4) is 0 Å². The number of aliphatic hydroxyl groups is 1. The first-order chi connectivity index (χ1) is 3.85. The lowest BCUT2D eigenvalue weighted by molar-refractivity contribution is -1.48. The molecular formula is C4H13N3O2. The van der Waals surface area contributed by atoms with E-state index in [9.17, 15) is 5.21 Å². The number of rotatable bonds is 2. The summed E-state index contributed by atoms with van der Waals surface area (Å²) in [5, 5.41) is 19.0. The molecule has 0 bridgehead atoms. The number of nitrogens with one attached hydrogen (secondary N) is 3. The van der Waals surface area contributed by atoms with E-state index >= 15 is 0 Å². The van der Waals surface area contributed by atoms with Gasteiger partial charge >= 0.3 is 0 Å². The summed E-state index contributed by atoms with van der Waals surface area (Å²) in [5.74, 6) is 6.85. The highest BCUT2D eigenvalue weighted by molar-refractivity contribution is 4.40. The van der Waals surface area contributed by atoms with Gasteiger partial charge in [0.1, 0.15) is 7.05 Å². The maximum absolute atomic E-state index is 10.7. The Morgan fingerprint density at radius 2 is 1.89 bits per heavy atom. The highest BCUT2D eigenvalue weighted by atomic mass is 16.6. The summed E-state index contributed by atoms with van der Waals surface area (Å²) < 4.78 is 0. The molecule has 0 aliphatic carbocycles. The lowest BCUT2D eigenvalue weighted by atomic mass is 10.3. The van der Waals surface area contributed by atoms with Gasteiger partial charge in [-0.25, -0.2) is 5.12 Å². The zero-order valence-corrected chi connectivity index (χ0v) is 5.86. The van der Waals surface area contributed by atoms with Crippen LogP contribution in [0.1, 0.15) is 13.8 Å². The van der Waals surface area contributed by atoms with Crippen LogP contribution in [0.2, 0.25) is 0 Å². The Morgan fingerprint density at radius 1 is 1.56 bits per heavy atom. The van der Waals surface area contributed by atoms with E-state index in [0.717, 1.165) is 0 Å². The molecule has 0 aromatic carbocycles. The molecule has 0 saturated heterocycles. The molecule has 0 aliphatic heterocycles. The second-order valence-electron chi connectivity index (χ2n) is 2.51. The fourth-order valence-electron chi connectivity index (χ4n) is 0.459. The summed E-state index contributed by atoms with van der Waals surface area (Å²) in [5.41, 5.74) is -1.38. The molecule has 0 aromatic rings. The molecule has 56 valence electrons. The van der Waals surface area contributed by atoms with Crippen molar-refractivity contribution in [1.29, 1.82) is 0 Å². The minimum Gasteiger partial charge on any atom is -0.582 e. The first-order valence-electron chi connectivity index (χ1n) is 2.68. The molecular weight excluding hydrogens is 122 g/mol. The second-order valence-corrected chi connectivity index (χ2v) is 2.51. The van der Waals surface area contributed by atoms with E-state index < -0.39 is 10.9 Å². The Bertz CT molecular complexity index is 88.3. The van der Waals surface area contributed by atoms with Crippen LogP contribution in [0, 0.1) is 5.21 Å². The van der Waals surface area contributed by atoms with Crippen molar-refractivity contribution in [2.45, 2.75) is 19.6 Å². The molecule has 2 unspecified atom stereocenters. The third kappa shape index (κ3) is 2.73. The lowest BCUT2D eigenvalue weighted by Crippen LogP contribution is -3.57. The van der Waals surface area contributed by atoms with E-state index in [1.54, 1.807) is 0 Å². The molecule has 4 N–H and O–H groups in total. The summed E-state index contributed by atoms with van der Waals surface area (Å²) in [6.45, 7) is 2.74. The van der Waals surface area contributed by atoms with Crippen LogP contribution >= 0.6 is 0 Å². The van der Waals surface area contributed by atoms with Crippen molar-refractivity contribution in [1.82, 2.24) is 0 Å². The van der Waals surface area contributed by atoms with Crippen molar-refractivity contribution < 1.29 is 15.4 Å². The lowest BCUT2D eigenvalue weighted by Gasteiger charge is -2.37. The average molecular weight is 135 g/mol. The summed E-state index contributed by atoms with van der Waals surface area (Å²) in [7, 11) is 1.36. The minimum atomic E-state index is -1.38. The fraction of sp³-hybridized carbons (Fsp3) is 1.00. The summed E-state index contributed by atoms with van der Waals surface area (Å²) >= 11 is 0. The Morgan fingerprint density at radius 3 is 1.89 bits per heavy atom. The van der Waals surface area contributed by atoms with Gasteiger partial charge in [-0.05, 0) is 0 Å². The van der Waals surface area contributed by atoms with Crippen molar-refractivity contribution in [2.75, 3.05) is 7.05 Å². The standard InChI is InChI=1S/C4H13N3O2/c1-4(2,8)7(9)6(3)5/h5-8H,1-3H3. The third-order valence-corrected chi connectivity index (χ3v) is 0.896. The highest BCUT2D eigenvalue weighted by Gasteiger charge is 2.23. The maximum Gasteiger partial charge on any atom is 0.236 e. The molecule has 9 heavy (non-hydrogen) atoms. The van der Waals surface area contributed by atoms with Crippen LogP contribution in [-0.2, 0) is 0 Å². The minimum absolute atomic E-state index is 0.109. The maximum atomic E-state index is 10.7. The molecule has 0 aromatic heterocycles. The van der Waals surface area contributed by atoms with Crippen molar-refractivity contribution in [3.05, 3.63) is 11.0 Å². The molecule has 0 amide bonds. The Hall–Kier alpha value is -0.200. The number of hydrogen-bond acceptors (Lipinski definition) is 2. The second kappa shape index (κ2) is 2.59. The third-order valence-electron chi connectivity index (χ3n) is 0.896. The van der Waals surface area contributed by atoms with E-state index in [4.69, 9.17) is 10.9 Å². The van der Waals surface area contributed by atoms with Gasteiger partial charge in [-0.15, -0.1) is 0 Å². The number of quaternary nitrogens is 2. The monoisotopic (exact) mass is 135 g/mol. The molecule has 0 spiro atoms. The van der Waals surface area contributed by atoms with Gasteiger partial charge < -0.3 is 16.2 Å². The number of hydroxylamine groups is 1. The van der Waals surface area contributed by atoms with E-state index in [-0.39, 0.29) is 5.12 Å². The van der Waals surface area contributed by atoms with Crippen LogP contribution in [0.15, 0.2) is 0 Å². The largest absolute Gasteiger partial charge is 0.582 e. The zero-order chi connectivity index (χ0) is 7.65. The summed E-state index contributed by atoms with van der Waals surface area (Å²) in [6.07, 6.45) is 0. The van der Waals surface area contributed by atoms with Gasteiger partial charge in [0.15, 0.2) is 0 Å². The molecule has 5 nitrogen and oxygen atoms in total. The summed E-state index contributed by atoms with van der Waals surface area (Å²) in [6, 6.07) is 0. The van der Waals surface area contributed by atoms with E-state index in [2.05, 4.69) is 0 Å². The number of hydrogen-bond donors (Lipinski definition) is 3. The predicted molar refractivity (Wildman–Crippen MR) is 31.8 cm³/mol. The van der Waals surface area contributed by atoms with Crippen molar-refractivity contribution >= 4 is 0 Å². The van der Waals surface area contributed by atoms with Gasteiger partial charge in [0.2, 0.25) is 5.72 Å². The average Bonchev–Trinajstić information content (AvgIpc) is 1.62. The Balaban J connectivity index is 3.88. The van der Waals surface area contributed by atoms with E-state index in [1.807, 2.05) is 0 Å². The first kappa shape index (κ1) is 8.80. The SMILES string of the molecule is C[NH+]([NH-])[NH+]([O-])C(C)(C)O. The highest BCUT2D eigenvalue weighted by Crippen LogP contribution is 1.82. The van der Waals surface area contributed by atoms with Gasteiger partial charge in [0, 0.05) is 13.8 Å². The smallest absolute Gasteiger partial charge is 0.236 e. The molecule has 2 atom stereocenters. The molecule has 0 fully saturated rings. The fourth-order valence-corrected chi connectivity index (χ4v) is 0.459. The molecule has 0 saturated carbocycles. The topological polar surface area (TPSA) is 76.0 Å². The van der Waals surface area contributed by atoms with Gasteiger partial charge in [0.25, 0.3) is 0 Å². The van der Waals surface area contributed by atoms with Crippen LogP contribution in [0.5, 0.6) is 0 Å². The van der Waals surface area contributed by atoms with Gasteiger partial charge in [0.05, 0.1) is 0 Å². The molecule has 0 aliphatic rings. The van der Waals surface area contributed by atoms with Crippen molar-refractivity contribution in [3.63, 3.8) is 0 Å². The quantitative estimate of drug-likeness (QED) is 0.289. The van der Waals surface area contributed by atoms with Gasteiger partial charge in [-0.3, -0.25) is 0 Å². The Labute approximate surface area is 54.2 Å². The van der Waals surface area contributed by atoms with Gasteiger partial charge in [-0.2, -0.15) is 5.17 Å².